The maximum absolute atomic E-state index is 13.1. The molecule has 0 bridgehead atoms. The molecule has 4 aromatic heterocycles. The van der Waals surface area contributed by atoms with Gasteiger partial charge in [0.2, 0.25) is 5.13 Å². The number of anilines is 1. The van der Waals surface area contributed by atoms with Gasteiger partial charge in [-0.15, -0.1) is 21.5 Å². The van der Waals surface area contributed by atoms with Crippen LogP contribution in [0.1, 0.15) is 16.1 Å². The maximum atomic E-state index is 13.1. The number of hydrogen-bond donors (Lipinski definition) is 0. The van der Waals surface area contributed by atoms with Crippen LogP contribution >= 0.6 is 22.7 Å². The van der Waals surface area contributed by atoms with Crippen molar-refractivity contribution in [1.29, 1.82) is 0 Å². The van der Waals surface area contributed by atoms with Crippen molar-refractivity contribution in [1.82, 2.24) is 29.9 Å². The zero-order chi connectivity index (χ0) is 20.5. The SMILES string of the molecule is Cc1c(C(=O)N2CCN(c3nnc(-c4cccs4)s3)CC2)cnn1-c1ccccn1. The normalized spacial score (nSPS) is 14.3. The highest BCUT2D eigenvalue weighted by Crippen LogP contribution is 2.32. The van der Waals surface area contributed by atoms with Crippen molar-refractivity contribution in [3.63, 3.8) is 0 Å². The number of carbonyl (C=O) groups excluding carboxylic acids is 1. The minimum Gasteiger partial charge on any atom is -0.343 e. The van der Waals surface area contributed by atoms with Gasteiger partial charge in [-0.1, -0.05) is 23.5 Å². The van der Waals surface area contributed by atoms with Gasteiger partial charge in [0.1, 0.15) is 0 Å². The molecule has 8 nitrogen and oxygen atoms in total. The predicted octanol–water partition coefficient (Wildman–Crippen LogP) is 3.12. The van der Waals surface area contributed by atoms with E-state index in [2.05, 4.69) is 31.2 Å². The Labute approximate surface area is 181 Å². The molecule has 30 heavy (non-hydrogen) atoms. The number of pyridine rings is 1. The lowest BCUT2D eigenvalue weighted by Crippen LogP contribution is -2.48. The Morgan fingerprint density at radius 2 is 1.93 bits per heavy atom. The molecule has 0 radical (unpaired) electrons. The largest absolute Gasteiger partial charge is 0.343 e. The molecular formula is C20H19N7OS2. The Kier molecular flexibility index (Phi) is 5.01. The van der Waals surface area contributed by atoms with Gasteiger partial charge in [-0.3, -0.25) is 4.79 Å². The molecule has 0 N–H and O–H groups in total. The smallest absolute Gasteiger partial charge is 0.257 e. The molecule has 0 saturated carbocycles. The Balaban J connectivity index is 1.26. The monoisotopic (exact) mass is 437 g/mol. The minimum absolute atomic E-state index is 0.00543. The zero-order valence-electron chi connectivity index (χ0n) is 16.3. The van der Waals surface area contributed by atoms with E-state index in [1.54, 1.807) is 39.7 Å². The number of piperazine rings is 1. The lowest BCUT2D eigenvalue weighted by Gasteiger charge is -2.34. The minimum atomic E-state index is 0.00543. The van der Waals surface area contributed by atoms with Gasteiger partial charge in [-0.05, 0) is 30.5 Å². The van der Waals surface area contributed by atoms with Crippen molar-refractivity contribution in [3.8, 4) is 15.7 Å². The summed E-state index contributed by atoms with van der Waals surface area (Å²) in [6.45, 7) is 4.65. The number of rotatable bonds is 4. The summed E-state index contributed by atoms with van der Waals surface area (Å²) >= 11 is 3.26. The average molecular weight is 438 g/mol. The summed E-state index contributed by atoms with van der Waals surface area (Å²) in [6.07, 6.45) is 3.35. The molecular weight excluding hydrogens is 418 g/mol. The molecule has 10 heteroatoms. The fourth-order valence-electron chi connectivity index (χ4n) is 3.44. The molecule has 5 rings (SSSR count). The highest BCUT2D eigenvalue weighted by Gasteiger charge is 2.26. The summed E-state index contributed by atoms with van der Waals surface area (Å²) in [7, 11) is 0. The first-order chi connectivity index (χ1) is 14.7. The highest BCUT2D eigenvalue weighted by atomic mass is 32.1. The fourth-order valence-corrected chi connectivity index (χ4v) is 5.13. The van der Waals surface area contributed by atoms with Crippen molar-refractivity contribution in [2.24, 2.45) is 0 Å². The van der Waals surface area contributed by atoms with E-state index in [-0.39, 0.29) is 5.91 Å². The van der Waals surface area contributed by atoms with Crippen LogP contribution in [0.2, 0.25) is 0 Å². The van der Waals surface area contributed by atoms with Gasteiger partial charge >= 0.3 is 0 Å². The third-order valence-electron chi connectivity index (χ3n) is 5.09. The Hall–Kier alpha value is -3.11. The van der Waals surface area contributed by atoms with E-state index in [4.69, 9.17) is 0 Å². The molecule has 0 unspecified atom stereocenters. The van der Waals surface area contributed by atoms with Crippen molar-refractivity contribution in [2.75, 3.05) is 31.1 Å². The first-order valence-electron chi connectivity index (χ1n) is 9.58. The van der Waals surface area contributed by atoms with Gasteiger partial charge in [-0.25, -0.2) is 9.67 Å². The quantitative estimate of drug-likeness (QED) is 0.488. The third kappa shape index (κ3) is 3.48. The first kappa shape index (κ1) is 18.9. The summed E-state index contributed by atoms with van der Waals surface area (Å²) in [5, 5.41) is 16.9. The van der Waals surface area contributed by atoms with Gasteiger partial charge in [0, 0.05) is 32.4 Å². The molecule has 4 aromatic rings. The van der Waals surface area contributed by atoms with Crippen LogP contribution in [0.5, 0.6) is 0 Å². The number of carbonyl (C=O) groups is 1. The van der Waals surface area contributed by atoms with E-state index in [9.17, 15) is 4.79 Å². The van der Waals surface area contributed by atoms with Crippen molar-refractivity contribution in [3.05, 3.63) is 59.4 Å². The van der Waals surface area contributed by atoms with Crippen molar-refractivity contribution in [2.45, 2.75) is 6.92 Å². The van der Waals surface area contributed by atoms with Gasteiger partial charge in [0.15, 0.2) is 10.8 Å². The average Bonchev–Trinajstić information content (AvgIpc) is 3.55. The molecule has 0 spiro atoms. The topological polar surface area (TPSA) is 80.0 Å². The van der Waals surface area contributed by atoms with E-state index in [0.717, 1.165) is 33.8 Å². The van der Waals surface area contributed by atoms with Gasteiger partial charge < -0.3 is 9.80 Å². The Morgan fingerprint density at radius 1 is 1.07 bits per heavy atom. The van der Waals surface area contributed by atoms with Crippen LogP contribution in [0.15, 0.2) is 48.1 Å². The van der Waals surface area contributed by atoms with Gasteiger partial charge in [0.25, 0.3) is 5.91 Å². The lowest BCUT2D eigenvalue weighted by atomic mass is 10.2. The van der Waals surface area contributed by atoms with E-state index in [1.807, 2.05) is 41.5 Å². The maximum Gasteiger partial charge on any atom is 0.257 e. The zero-order valence-corrected chi connectivity index (χ0v) is 17.9. The van der Waals surface area contributed by atoms with Crippen LogP contribution < -0.4 is 4.90 Å². The van der Waals surface area contributed by atoms with Crippen LogP contribution in [0.3, 0.4) is 0 Å². The summed E-state index contributed by atoms with van der Waals surface area (Å²) in [6, 6.07) is 9.71. The first-order valence-corrected chi connectivity index (χ1v) is 11.3. The number of hydrogen-bond acceptors (Lipinski definition) is 8. The molecule has 0 aliphatic carbocycles. The Bertz CT molecular complexity index is 1150. The molecule has 1 amide bonds. The molecule has 1 aliphatic heterocycles. The van der Waals surface area contributed by atoms with Crippen LogP contribution in [0.4, 0.5) is 5.13 Å². The standard InChI is InChI=1S/C20H19N7OS2/c1-14-15(13-22-27(14)17-6-2-3-7-21-17)19(28)25-8-10-26(11-9-25)20-24-23-18(30-20)16-5-4-12-29-16/h2-7,12-13H,8-11H2,1H3. The van der Waals surface area contributed by atoms with Crippen molar-refractivity contribution >= 4 is 33.7 Å². The molecule has 1 aliphatic rings. The van der Waals surface area contributed by atoms with Crippen molar-refractivity contribution < 1.29 is 4.79 Å². The summed E-state index contributed by atoms with van der Waals surface area (Å²) in [4.78, 5) is 22.6. The number of amides is 1. The second-order valence-electron chi connectivity index (χ2n) is 6.89. The second-order valence-corrected chi connectivity index (χ2v) is 8.79. The van der Waals surface area contributed by atoms with E-state index >= 15 is 0 Å². The van der Waals surface area contributed by atoms with E-state index in [1.165, 1.54) is 0 Å². The molecule has 5 heterocycles. The number of nitrogens with zero attached hydrogens (tertiary/aromatic N) is 7. The molecule has 1 saturated heterocycles. The van der Waals surface area contributed by atoms with Gasteiger partial charge in [-0.2, -0.15) is 5.10 Å². The lowest BCUT2D eigenvalue weighted by molar-refractivity contribution is 0.0746. The second kappa shape index (κ2) is 7.96. The van der Waals surface area contributed by atoms with Crippen LogP contribution in [-0.4, -0.2) is 61.9 Å². The van der Waals surface area contributed by atoms with Gasteiger partial charge in [0.05, 0.1) is 22.3 Å². The number of thiophene rings is 1. The molecule has 152 valence electrons. The number of aromatic nitrogens is 5. The molecule has 1 fully saturated rings. The van der Waals surface area contributed by atoms with E-state index in [0.29, 0.717) is 24.5 Å². The predicted molar refractivity (Wildman–Crippen MR) is 117 cm³/mol. The Morgan fingerprint density at radius 3 is 2.67 bits per heavy atom. The highest BCUT2D eigenvalue weighted by molar-refractivity contribution is 7.22. The third-order valence-corrected chi connectivity index (χ3v) is 7.11. The van der Waals surface area contributed by atoms with Crippen LogP contribution in [0, 0.1) is 6.92 Å². The summed E-state index contributed by atoms with van der Waals surface area (Å²) < 4.78 is 1.71. The molecule has 0 aromatic carbocycles. The van der Waals surface area contributed by atoms with Crippen LogP contribution in [0.25, 0.3) is 15.7 Å². The van der Waals surface area contributed by atoms with Crippen LogP contribution in [-0.2, 0) is 0 Å². The molecule has 0 atom stereocenters. The summed E-state index contributed by atoms with van der Waals surface area (Å²) in [5.41, 5.74) is 1.41. The fraction of sp³-hybridized carbons (Fsp3) is 0.250. The van der Waals surface area contributed by atoms with E-state index < -0.39 is 0 Å². The summed E-state index contributed by atoms with van der Waals surface area (Å²) in [5.74, 6) is 0.711.